The van der Waals surface area contributed by atoms with Crippen LogP contribution in [0.25, 0.3) is 0 Å². The zero-order chi connectivity index (χ0) is 13.5. The molecule has 2 rings (SSSR count). The van der Waals surface area contributed by atoms with E-state index in [-0.39, 0.29) is 22.5 Å². The number of rotatable bonds is 2. The summed E-state index contributed by atoms with van der Waals surface area (Å²) in [6, 6.07) is -0.623. The Kier molecular flexibility index (Phi) is 3.63. The first-order valence-corrected chi connectivity index (χ1v) is 7.07. The lowest BCUT2D eigenvalue weighted by Gasteiger charge is -2.29. The minimum atomic E-state index is -0.881. The van der Waals surface area contributed by atoms with Crippen LogP contribution in [0.5, 0.6) is 0 Å². The maximum atomic E-state index is 12.5. The average Bonchev–Trinajstić information content (AvgIpc) is 2.85. The van der Waals surface area contributed by atoms with Crippen molar-refractivity contribution in [2.24, 2.45) is 11.3 Å². The lowest BCUT2D eigenvalue weighted by molar-refractivity contribution is -0.149. The highest BCUT2D eigenvalue weighted by molar-refractivity contribution is 7.81. The van der Waals surface area contributed by atoms with Gasteiger partial charge < -0.3 is 10.0 Å². The van der Waals surface area contributed by atoms with Crippen LogP contribution in [-0.2, 0) is 9.59 Å². The Balaban J connectivity index is 2.10. The number of likely N-dealkylation sites (tertiary alicyclic amines) is 1. The van der Waals surface area contributed by atoms with Gasteiger partial charge in [-0.1, -0.05) is 13.8 Å². The molecular weight excluding hydrogens is 250 g/mol. The highest BCUT2D eigenvalue weighted by Crippen LogP contribution is 2.45. The smallest absolute Gasteiger partial charge is 0.326 e. The molecule has 4 nitrogen and oxygen atoms in total. The standard InChI is InChI=1S/C13H21NO3S/c1-13(2)6-5-8(10(13)18)11(15)14-7-3-4-9(14)12(16)17/h8-10,18H,3-7H2,1-2H3,(H,16,17)/t8-,9-,10+/m0/s1. The molecule has 2 aliphatic rings. The van der Waals surface area contributed by atoms with Gasteiger partial charge in [-0.3, -0.25) is 4.79 Å². The van der Waals surface area contributed by atoms with Gasteiger partial charge in [-0.2, -0.15) is 12.6 Å². The van der Waals surface area contributed by atoms with E-state index in [1.54, 1.807) is 4.90 Å². The third-order valence-corrected chi connectivity index (χ3v) is 5.48. The number of carbonyl (C=O) groups excluding carboxylic acids is 1. The summed E-state index contributed by atoms with van der Waals surface area (Å²) in [6.45, 7) is 4.82. The molecule has 3 atom stereocenters. The zero-order valence-electron chi connectivity index (χ0n) is 10.9. The highest BCUT2D eigenvalue weighted by Gasteiger charge is 2.46. The summed E-state index contributed by atoms with van der Waals surface area (Å²) in [7, 11) is 0. The fourth-order valence-electron chi connectivity index (χ4n) is 3.14. The summed E-state index contributed by atoms with van der Waals surface area (Å²) in [5.74, 6) is -1.01. The van der Waals surface area contributed by atoms with Crippen molar-refractivity contribution in [1.29, 1.82) is 0 Å². The predicted molar refractivity (Wildman–Crippen MR) is 71.6 cm³/mol. The molecule has 1 amide bonds. The average molecular weight is 271 g/mol. The predicted octanol–water partition coefficient (Wildman–Crippen LogP) is 1.80. The van der Waals surface area contributed by atoms with Gasteiger partial charge in [-0.15, -0.1) is 0 Å². The Bertz CT molecular complexity index is 369. The first-order chi connectivity index (χ1) is 8.34. The van der Waals surface area contributed by atoms with E-state index in [0.717, 1.165) is 19.3 Å². The number of amides is 1. The van der Waals surface area contributed by atoms with Gasteiger partial charge in [0.05, 0.1) is 5.92 Å². The van der Waals surface area contributed by atoms with Gasteiger partial charge in [0.15, 0.2) is 0 Å². The topological polar surface area (TPSA) is 57.6 Å². The van der Waals surface area contributed by atoms with Crippen molar-refractivity contribution in [3.05, 3.63) is 0 Å². The van der Waals surface area contributed by atoms with Crippen molar-refractivity contribution < 1.29 is 14.7 Å². The lowest BCUT2D eigenvalue weighted by atomic mass is 9.89. The number of nitrogens with zero attached hydrogens (tertiary/aromatic N) is 1. The quantitative estimate of drug-likeness (QED) is 0.753. The van der Waals surface area contributed by atoms with E-state index in [1.807, 2.05) is 0 Å². The van der Waals surface area contributed by atoms with Crippen molar-refractivity contribution >= 4 is 24.5 Å². The van der Waals surface area contributed by atoms with Crippen LogP contribution in [-0.4, -0.2) is 39.7 Å². The molecular formula is C13H21NO3S. The van der Waals surface area contributed by atoms with Crippen molar-refractivity contribution in [3.63, 3.8) is 0 Å². The number of aliphatic carboxylic acids is 1. The molecule has 5 heteroatoms. The zero-order valence-corrected chi connectivity index (χ0v) is 11.8. The second kappa shape index (κ2) is 4.76. The van der Waals surface area contributed by atoms with Crippen LogP contribution in [0.1, 0.15) is 39.5 Å². The molecule has 0 bridgehead atoms. The number of hydrogen-bond donors (Lipinski definition) is 2. The normalized spacial score (nSPS) is 34.8. The van der Waals surface area contributed by atoms with Gasteiger partial charge in [0, 0.05) is 11.8 Å². The molecule has 0 aromatic rings. The molecule has 1 saturated carbocycles. The minimum Gasteiger partial charge on any atom is -0.480 e. The Morgan fingerprint density at radius 1 is 1.33 bits per heavy atom. The van der Waals surface area contributed by atoms with Crippen LogP contribution >= 0.6 is 12.6 Å². The molecule has 0 radical (unpaired) electrons. The van der Waals surface area contributed by atoms with E-state index in [2.05, 4.69) is 26.5 Å². The summed E-state index contributed by atoms with van der Waals surface area (Å²) in [4.78, 5) is 25.2. The first-order valence-electron chi connectivity index (χ1n) is 6.56. The monoisotopic (exact) mass is 271 g/mol. The van der Waals surface area contributed by atoms with Gasteiger partial charge >= 0.3 is 5.97 Å². The van der Waals surface area contributed by atoms with Gasteiger partial charge in [0.1, 0.15) is 6.04 Å². The molecule has 1 saturated heterocycles. The molecule has 0 unspecified atom stereocenters. The van der Waals surface area contributed by atoms with Crippen LogP contribution < -0.4 is 0 Å². The minimum absolute atomic E-state index is 0.00882. The fraction of sp³-hybridized carbons (Fsp3) is 0.846. The number of carboxylic acid groups (broad SMARTS) is 1. The largest absolute Gasteiger partial charge is 0.480 e. The van der Waals surface area contributed by atoms with E-state index in [9.17, 15) is 9.59 Å². The maximum absolute atomic E-state index is 12.5. The number of carbonyl (C=O) groups is 2. The Morgan fingerprint density at radius 3 is 2.50 bits per heavy atom. The van der Waals surface area contributed by atoms with Gasteiger partial charge in [0.2, 0.25) is 5.91 Å². The van der Waals surface area contributed by atoms with Crippen molar-refractivity contribution in [1.82, 2.24) is 4.90 Å². The first kappa shape index (κ1) is 13.7. The molecule has 102 valence electrons. The van der Waals surface area contributed by atoms with Crippen molar-refractivity contribution in [3.8, 4) is 0 Å². The summed E-state index contributed by atoms with van der Waals surface area (Å²) in [5, 5.41) is 9.16. The second-order valence-electron chi connectivity index (χ2n) is 6.11. The van der Waals surface area contributed by atoms with E-state index in [1.165, 1.54) is 0 Å². The van der Waals surface area contributed by atoms with Crippen LogP contribution in [0.15, 0.2) is 0 Å². The Labute approximate surface area is 113 Å². The Hall–Kier alpha value is -0.710. The molecule has 1 N–H and O–H groups in total. The number of thiol groups is 1. The molecule has 1 aliphatic heterocycles. The highest BCUT2D eigenvalue weighted by atomic mass is 32.1. The van der Waals surface area contributed by atoms with Crippen LogP contribution in [0.4, 0.5) is 0 Å². The molecule has 1 aliphatic carbocycles. The summed E-state index contributed by atoms with van der Waals surface area (Å²) in [5.41, 5.74) is 0.0574. The fourth-order valence-corrected chi connectivity index (χ4v) is 3.54. The van der Waals surface area contributed by atoms with Gasteiger partial charge in [-0.25, -0.2) is 4.79 Å². The molecule has 2 fully saturated rings. The van der Waals surface area contributed by atoms with E-state index in [4.69, 9.17) is 5.11 Å². The molecule has 0 aromatic carbocycles. The molecule has 0 aromatic heterocycles. The molecule has 1 heterocycles. The van der Waals surface area contributed by atoms with Gasteiger partial charge in [0.25, 0.3) is 0 Å². The lowest BCUT2D eigenvalue weighted by Crippen LogP contribution is -2.45. The third kappa shape index (κ3) is 2.25. The Morgan fingerprint density at radius 2 is 2.00 bits per heavy atom. The summed E-state index contributed by atoms with van der Waals surface area (Å²) in [6.07, 6.45) is 3.16. The van der Waals surface area contributed by atoms with Crippen LogP contribution in [0, 0.1) is 11.3 Å². The van der Waals surface area contributed by atoms with Gasteiger partial charge in [-0.05, 0) is 31.1 Å². The van der Waals surface area contributed by atoms with Crippen molar-refractivity contribution in [2.45, 2.75) is 50.8 Å². The SMILES string of the molecule is CC1(C)CC[C@H](C(=O)N2CCC[C@H]2C(=O)O)[C@H]1S. The van der Waals surface area contributed by atoms with Crippen LogP contribution in [0.2, 0.25) is 0 Å². The third-order valence-electron chi connectivity index (χ3n) is 4.42. The summed E-state index contributed by atoms with van der Waals surface area (Å²) < 4.78 is 0. The molecule has 18 heavy (non-hydrogen) atoms. The summed E-state index contributed by atoms with van der Waals surface area (Å²) >= 11 is 4.59. The molecule has 0 spiro atoms. The van der Waals surface area contributed by atoms with E-state index in [0.29, 0.717) is 13.0 Å². The second-order valence-corrected chi connectivity index (χ2v) is 6.66. The number of hydrogen-bond acceptors (Lipinski definition) is 3. The maximum Gasteiger partial charge on any atom is 0.326 e. The number of carboxylic acids is 1. The van der Waals surface area contributed by atoms with Crippen LogP contribution in [0.3, 0.4) is 0 Å². The van der Waals surface area contributed by atoms with E-state index < -0.39 is 12.0 Å². The van der Waals surface area contributed by atoms with E-state index >= 15 is 0 Å². The van der Waals surface area contributed by atoms with Crippen molar-refractivity contribution in [2.75, 3.05) is 6.54 Å².